The number of rotatable bonds is 5. The van der Waals surface area contributed by atoms with Gasteiger partial charge in [-0.3, -0.25) is 4.79 Å². The highest BCUT2D eigenvalue weighted by Gasteiger charge is 2.24. The topological polar surface area (TPSA) is 50.2 Å². The molecule has 0 radical (unpaired) electrons. The molecule has 134 valence electrons. The van der Waals surface area contributed by atoms with E-state index in [-0.39, 0.29) is 5.91 Å². The van der Waals surface area contributed by atoms with Gasteiger partial charge in [0.1, 0.15) is 0 Å². The van der Waals surface area contributed by atoms with E-state index >= 15 is 0 Å². The standard InChI is InChI=1S/C20H28N4O/c1-15(23(2)3)14-21-20(25)19-17-12-8-5-9-13-18(17)24(22-19)16-10-6-4-7-11-16/h4,6-7,10-11,15H,5,8-9,12-14H2,1-3H3,(H,21,25)/t15-/m1/s1. The SMILES string of the molecule is C[C@H](CNC(=O)c1nn(-c2ccccc2)c2c1CCCCC2)N(C)C. The van der Waals surface area contributed by atoms with E-state index in [2.05, 4.69) is 17.1 Å². The molecule has 1 aromatic heterocycles. The Hall–Kier alpha value is -2.14. The number of hydrogen-bond acceptors (Lipinski definition) is 3. The monoisotopic (exact) mass is 340 g/mol. The van der Waals surface area contributed by atoms with E-state index < -0.39 is 0 Å². The maximum absolute atomic E-state index is 12.8. The van der Waals surface area contributed by atoms with E-state index in [4.69, 9.17) is 5.10 Å². The third-order valence-electron chi connectivity index (χ3n) is 5.09. The maximum Gasteiger partial charge on any atom is 0.272 e. The number of amides is 1. The van der Waals surface area contributed by atoms with Gasteiger partial charge < -0.3 is 10.2 Å². The number of carbonyl (C=O) groups excluding carboxylic acids is 1. The molecule has 1 atom stereocenters. The quantitative estimate of drug-likeness (QED) is 0.852. The Morgan fingerprint density at radius 2 is 1.92 bits per heavy atom. The number of aromatic nitrogens is 2. The molecule has 0 saturated carbocycles. The van der Waals surface area contributed by atoms with Crippen molar-refractivity contribution in [1.82, 2.24) is 20.0 Å². The highest BCUT2D eigenvalue weighted by Crippen LogP contribution is 2.26. The molecule has 1 aliphatic rings. The summed E-state index contributed by atoms with van der Waals surface area (Å²) in [5.41, 5.74) is 3.97. The van der Waals surface area contributed by atoms with E-state index in [9.17, 15) is 4.79 Å². The number of fused-ring (bicyclic) bond motifs is 1. The average Bonchev–Trinajstić information content (AvgIpc) is 2.81. The molecule has 1 aromatic carbocycles. The van der Waals surface area contributed by atoms with Crippen molar-refractivity contribution in [2.45, 2.75) is 45.1 Å². The van der Waals surface area contributed by atoms with Crippen LogP contribution in [0.25, 0.3) is 5.69 Å². The average molecular weight is 340 g/mol. The summed E-state index contributed by atoms with van der Waals surface area (Å²) in [5, 5.41) is 7.78. The zero-order valence-corrected chi connectivity index (χ0v) is 15.5. The largest absolute Gasteiger partial charge is 0.349 e. The summed E-state index contributed by atoms with van der Waals surface area (Å²) in [6, 6.07) is 10.4. The summed E-state index contributed by atoms with van der Waals surface area (Å²) >= 11 is 0. The maximum atomic E-state index is 12.8. The predicted molar refractivity (Wildman–Crippen MR) is 100 cm³/mol. The summed E-state index contributed by atoms with van der Waals surface area (Å²) in [6.07, 6.45) is 5.42. The van der Waals surface area contributed by atoms with Crippen LogP contribution in [0.3, 0.4) is 0 Å². The van der Waals surface area contributed by atoms with Gasteiger partial charge in [-0.1, -0.05) is 24.6 Å². The molecule has 0 bridgehead atoms. The number of nitrogens with zero attached hydrogens (tertiary/aromatic N) is 3. The molecule has 0 spiro atoms. The molecule has 5 heteroatoms. The second kappa shape index (κ2) is 7.83. The zero-order valence-electron chi connectivity index (χ0n) is 15.5. The molecule has 0 saturated heterocycles. The van der Waals surface area contributed by atoms with Crippen LogP contribution in [0.15, 0.2) is 30.3 Å². The summed E-state index contributed by atoms with van der Waals surface area (Å²) in [7, 11) is 4.04. The Balaban J connectivity index is 1.91. The zero-order chi connectivity index (χ0) is 17.8. The van der Waals surface area contributed by atoms with Gasteiger partial charge in [-0.15, -0.1) is 0 Å². The first kappa shape index (κ1) is 17.7. The van der Waals surface area contributed by atoms with Crippen molar-refractivity contribution >= 4 is 5.91 Å². The Labute approximate surface area is 150 Å². The van der Waals surface area contributed by atoms with E-state index in [1.165, 1.54) is 12.1 Å². The lowest BCUT2D eigenvalue weighted by atomic mass is 10.1. The molecule has 1 heterocycles. The lowest BCUT2D eigenvalue weighted by Crippen LogP contribution is -2.38. The number of para-hydroxylation sites is 1. The van der Waals surface area contributed by atoms with Gasteiger partial charge in [0.2, 0.25) is 0 Å². The van der Waals surface area contributed by atoms with Crippen molar-refractivity contribution in [2.75, 3.05) is 20.6 Å². The third-order valence-corrected chi connectivity index (χ3v) is 5.09. The molecule has 3 rings (SSSR count). The molecule has 0 fully saturated rings. The van der Waals surface area contributed by atoms with Crippen molar-refractivity contribution in [3.63, 3.8) is 0 Å². The van der Waals surface area contributed by atoms with Gasteiger partial charge in [0.15, 0.2) is 5.69 Å². The van der Waals surface area contributed by atoms with Crippen LogP contribution in [0, 0.1) is 0 Å². The van der Waals surface area contributed by atoms with Crippen LogP contribution in [-0.2, 0) is 12.8 Å². The number of benzene rings is 1. The predicted octanol–water partition coefficient (Wildman–Crippen LogP) is 2.82. The molecule has 25 heavy (non-hydrogen) atoms. The highest BCUT2D eigenvalue weighted by molar-refractivity contribution is 5.94. The molecule has 1 aliphatic carbocycles. The molecule has 1 amide bonds. The van der Waals surface area contributed by atoms with Crippen molar-refractivity contribution < 1.29 is 4.79 Å². The fraction of sp³-hybridized carbons (Fsp3) is 0.500. The number of likely N-dealkylation sites (N-methyl/N-ethyl adjacent to an activating group) is 1. The third kappa shape index (κ3) is 3.93. The Morgan fingerprint density at radius 3 is 2.64 bits per heavy atom. The molecule has 1 N–H and O–H groups in total. The molecular weight excluding hydrogens is 312 g/mol. The Morgan fingerprint density at radius 1 is 1.20 bits per heavy atom. The van der Waals surface area contributed by atoms with Gasteiger partial charge in [-0.25, -0.2) is 4.68 Å². The van der Waals surface area contributed by atoms with Gasteiger partial charge in [-0.2, -0.15) is 5.10 Å². The molecule has 0 unspecified atom stereocenters. The van der Waals surface area contributed by atoms with Gasteiger partial charge in [0, 0.05) is 23.8 Å². The summed E-state index contributed by atoms with van der Waals surface area (Å²) < 4.78 is 1.98. The fourth-order valence-electron chi connectivity index (χ4n) is 3.25. The van der Waals surface area contributed by atoms with Crippen LogP contribution in [0.5, 0.6) is 0 Å². The van der Waals surface area contributed by atoms with E-state index in [0.717, 1.165) is 36.9 Å². The van der Waals surface area contributed by atoms with Gasteiger partial charge in [0.25, 0.3) is 5.91 Å². The van der Waals surface area contributed by atoms with Gasteiger partial charge in [0.05, 0.1) is 5.69 Å². The van der Waals surface area contributed by atoms with E-state index in [1.807, 2.05) is 49.1 Å². The molecule has 2 aromatic rings. The number of nitrogens with one attached hydrogen (secondary N) is 1. The Bertz CT molecular complexity index is 721. The van der Waals surface area contributed by atoms with Crippen molar-refractivity contribution in [3.05, 3.63) is 47.3 Å². The first-order valence-corrected chi connectivity index (χ1v) is 9.18. The smallest absolute Gasteiger partial charge is 0.272 e. The highest BCUT2D eigenvalue weighted by atomic mass is 16.2. The van der Waals surface area contributed by atoms with Crippen LogP contribution >= 0.6 is 0 Å². The summed E-state index contributed by atoms with van der Waals surface area (Å²) in [6.45, 7) is 2.72. The van der Waals surface area contributed by atoms with Gasteiger partial charge in [-0.05, 0) is 58.8 Å². The molecule has 5 nitrogen and oxygen atoms in total. The first-order valence-electron chi connectivity index (χ1n) is 9.18. The first-order chi connectivity index (χ1) is 12.1. The van der Waals surface area contributed by atoms with Crippen molar-refractivity contribution in [2.24, 2.45) is 0 Å². The lowest BCUT2D eigenvalue weighted by molar-refractivity contribution is 0.0937. The number of carbonyl (C=O) groups is 1. The van der Waals surface area contributed by atoms with E-state index in [0.29, 0.717) is 18.3 Å². The summed E-state index contributed by atoms with van der Waals surface area (Å²) in [5.74, 6) is -0.0541. The second-order valence-corrected chi connectivity index (χ2v) is 7.10. The lowest BCUT2D eigenvalue weighted by Gasteiger charge is -2.19. The minimum Gasteiger partial charge on any atom is -0.349 e. The van der Waals surface area contributed by atoms with Gasteiger partial charge >= 0.3 is 0 Å². The minimum atomic E-state index is -0.0541. The minimum absolute atomic E-state index is 0.0541. The van der Waals surface area contributed by atoms with Crippen molar-refractivity contribution in [3.8, 4) is 5.69 Å². The van der Waals surface area contributed by atoms with Crippen LogP contribution in [0.4, 0.5) is 0 Å². The molecular formula is C20H28N4O. The normalized spacial score (nSPS) is 15.5. The van der Waals surface area contributed by atoms with E-state index in [1.54, 1.807) is 0 Å². The number of hydrogen-bond donors (Lipinski definition) is 1. The van der Waals surface area contributed by atoms with Crippen LogP contribution < -0.4 is 5.32 Å². The van der Waals surface area contributed by atoms with Crippen LogP contribution in [0.2, 0.25) is 0 Å². The van der Waals surface area contributed by atoms with Crippen LogP contribution in [-0.4, -0.2) is 47.3 Å². The fourth-order valence-corrected chi connectivity index (χ4v) is 3.25. The van der Waals surface area contributed by atoms with Crippen molar-refractivity contribution in [1.29, 1.82) is 0 Å². The second-order valence-electron chi connectivity index (χ2n) is 7.10. The summed E-state index contributed by atoms with van der Waals surface area (Å²) in [4.78, 5) is 14.9. The molecule has 0 aliphatic heterocycles. The van der Waals surface area contributed by atoms with Crippen LogP contribution in [0.1, 0.15) is 47.9 Å². The Kier molecular flexibility index (Phi) is 5.53.